The smallest absolute Gasteiger partial charge is 0.282 e. The molecule has 0 saturated heterocycles. The molecule has 2 rings (SSSR count). The number of benzene rings is 2. The minimum absolute atomic E-state index is 0.0278. The molecule has 0 bridgehead atoms. The Morgan fingerprint density at radius 1 is 0.950 bits per heavy atom. The molecule has 2 aromatic rings. The van der Waals surface area contributed by atoms with Crippen molar-refractivity contribution in [3.05, 3.63) is 29.8 Å². The molecule has 2 N–H and O–H groups in total. The van der Waals surface area contributed by atoms with Crippen LogP contribution in [0.3, 0.4) is 0 Å². The maximum atomic E-state index is 11.4. The van der Waals surface area contributed by atoms with Gasteiger partial charge in [-0.05, 0) is 30.0 Å². The first-order chi connectivity index (χ1) is 9.01. The molecule has 0 unspecified atom stereocenters. The molecule has 0 aliphatic carbocycles. The van der Waals surface area contributed by atoms with Crippen molar-refractivity contribution in [3.63, 3.8) is 0 Å². The average Bonchev–Trinajstić information content (AvgIpc) is 2.24. The van der Waals surface area contributed by atoms with Gasteiger partial charge in [-0.2, -0.15) is 16.8 Å². The van der Waals surface area contributed by atoms with E-state index in [1.165, 1.54) is 19.1 Å². The van der Waals surface area contributed by atoms with Gasteiger partial charge in [0.1, 0.15) is 12.7 Å². The molecule has 0 saturated carbocycles. The van der Waals surface area contributed by atoms with Crippen LogP contribution in [0.2, 0.25) is 0 Å². The van der Waals surface area contributed by atoms with Gasteiger partial charge < -0.3 is 0 Å². The maximum absolute atomic E-state index is 11.4. The van der Waals surface area contributed by atoms with Crippen LogP contribution < -0.4 is 5.46 Å². The van der Waals surface area contributed by atoms with Gasteiger partial charge in [0.05, 0.1) is 4.90 Å². The van der Waals surface area contributed by atoms with Crippen molar-refractivity contribution in [3.8, 4) is 0 Å². The Balaban J connectivity index is 3.08. The van der Waals surface area contributed by atoms with E-state index >= 15 is 0 Å². The van der Waals surface area contributed by atoms with E-state index in [2.05, 4.69) is 0 Å². The Hall–Kier alpha value is -1.42. The summed E-state index contributed by atoms with van der Waals surface area (Å²) in [5, 5.41) is 0.191. The molecule has 6 nitrogen and oxygen atoms in total. The second kappa shape index (κ2) is 4.56. The third kappa shape index (κ3) is 2.57. The highest BCUT2D eigenvalue weighted by molar-refractivity contribution is 7.86. The van der Waals surface area contributed by atoms with Crippen LogP contribution in [0.1, 0.15) is 5.56 Å². The zero-order valence-corrected chi connectivity index (χ0v) is 11.9. The average molecular weight is 312 g/mol. The second-order valence-electron chi connectivity index (χ2n) is 4.27. The van der Waals surface area contributed by atoms with E-state index in [-0.39, 0.29) is 21.8 Å². The molecule has 0 heterocycles. The van der Waals surface area contributed by atoms with Gasteiger partial charge in [0.2, 0.25) is 0 Å². The van der Waals surface area contributed by atoms with E-state index in [0.717, 1.165) is 12.1 Å². The van der Waals surface area contributed by atoms with Crippen molar-refractivity contribution < 1.29 is 25.9 Å². The Bertz CT molecular complexity index is 916. The second-order valence-corrected chi connectivity index (χ2v) is 7.05. The van der Waals surface area contributed by atoms with Gasteiger partial charge in [-0.1, -0.05) is 17.6 Å². The van der Waals surface area contributed by atoms with Crippen LogP contribution in [-0.2, 0) is 20.2 Å². The molecule has 9 heteroatoms. The van der Waals surface area contributed by atoms with Gasteiger partial charge in [0.15, 0.2) is 0 Å². The van der Waals surface area contributed by atoms with Crippen molar-refractivity contribution >= 4 is 44.3 Å². The van der Waals surface area contributed by atoms with Crippen LogP contribution in [0.25, 0.3) is 10.8 Å². The highest BCUT2D eigenvalue weighted by Gasteiger charge is 2.20. The lowest BCUT2D eigenvalue weighted by atomic mass is 9.89. The van der Waals surface area contributed by atoms with Crippen LogP contribution >= 0.6 is 0 Å². The quantitative estimate of drug-likeness (QED) is 0.615. The predicted octanol–water partition coefficient (Wildman–Crippen LogP) is 0.435. The molecule has 20 heavy (non-hydrogen) atoms. The molecule has 0 aliphatic rings. The van der Waals surface area contributed by atoms with Crippen molar-refractivity contribution in [2.24, 2.45) is 0 Å². The van der Waals surface area contributed by atoms with E-state index in [1.807, 2.05) is 0 Å². The molecule has 2 radical (unpaired) electrons. The zero-order chi connectivity index (χ0) is 15.3. The minimum Gasteiger partial charge on any atom is -0.282 e. The third-order valence-corrected chi connectivity index (χ3v) is 4.73. The van der Waals surface area contributed by atoms with Gasteiger partial charge >= 0.3 is 0 Å². The Morgan fingerprint density at radius 3 is 2.05 bits per heavy atom. The van der Waals surface area contributed by atoms with E-state index in [0.29, 0.717) is 0 Å². The topological polar surface area (TPSA) is 109 Å². The summed E-state index contributed by atoms with van der Waals surface area (Å²) in [7, 11) is -3.46. The fourth-order valence-electron chi connectivity index (χ4n) is 2.01. The molecular formula is C11H9BO6S2. The molecule has 0 aliphatic heterocycles. The number of hydrogen-bond acceptors (Lipinski definition) is 4. The summed E-state index contributed by atoms with van der Waals surface area (Å²) in [4.78, 5) is -0.981. The first-order valence-electron chi connectivity index (χ1n) is 5.29. The normalized spacial score (nSPS) is 12.8. The van der Waals surface area contributed by atoms with Crippen molar-refractivity contribution in [1.82, 2.24) is 0 Å². The first kappa shape index (κ1) is 15.0. The van der Waals surface area contributed by atoms with E-state index < -0.39 is 30.0 Å². The Morgan fingerprint density at radius 2 is 1.55 bits per heavy atom. The standard InChI is InChI=1S/C11H9BO6S2/c1-6-2-3-8-9(11(6)20(16,17)18)4-7(5-10(8)12)19(13,14)15/h2-5H,1H3,(H,13,14,15)(H,16,17,18). The number of rotatable bonds is 2. The van der Waals surface area contributed by atoms with Gasteiger partial charge in [0.25, 0.3) is 20.2 Å². The van der Waals surface area contributed by atoms with Crippen molar-refractivity contribution in [2.45, 2.75) is 16.7 Å². The number of hydrogen-bond donors (Lipinski definition) is 2. The summed E-state index contributed by atoms with van der Waals surface area (Å²) < 4.78 is 63.5. The van der Waals surface area contributed by atoms with Crippen LogP contribution in [0.15, 0.2) is 34.1 Å². The van der Waals surface area contributed by atoms with Gasteiger partial charge in [0, 0.05) is 5.39 Å². The van der Waals surface area contributed by atoms with Crippen molar-refractivity contribution in [2.75, 3.05) is 0 Å². The molecule has 104 valence electrons. The summed E-state index contributed by atoms with van der Waals surface area (Å²) in [6.07, 6.45) is 0. The lowest BCUT2D eigenvalue weighted by Crippen LogP contribution is -2.11. The predicted molar refractivity (Wildman–Crippen MR) is 73.7 cm³/mol. The number of fused-ring (bicyclic) bond motifs is 1. The Labute approximate surface area is 117 Å². The SMILES string of the molecule is [B]c1cc(S(=O)(=O)O)cc2c(S(=O)(=O)O)c(C)ccc12. The largest absolute Gasteiger partial charge is 0.295 e. The summed E-state index contributed by atoms with van der Waals surface area (Å²) in [6, 6.07) is 4.91. The number of aryl methyl sites for hydroxylation is 1. The lowest BCUT2D eigenvalue weighted by molar-refractivity contribution is 0.480. The molecule has 0 atom stereocenters. The summed E-state index contributed by atoms with van der Waals surface area (Å²) in [5.74, 6) is 0. The van der Waals surface area contributed by atoms with E-state index in [9.17, 15) is 21.4 Å². The molecule has 0 aromatic heterocycles. The summed E-state index contributed by atoms with van der Waals surface area (Å²) >= 11 is 0. The maximum Gasteiger partial charge on any atom is 0.295 e. The Kier molecular flexibility index (Phi) is 3.41. The van der Waals surface area contributed by atoms with Crippen LogP contribution in [-0.4, -0.2) is 33.8 Å². The van der Waals surface area contributed by atoms with Crippen molar-refractivity contribution in [1.29, 1.82) is 0 Å². The minimum atomic E-state index is -4.57. The highest BCUT2D eigenvalue weighted by atomic mass is 32.2. The molecule has 0 amide bonds. The van der Waals surface area contributed by atoms with E-state index in [1.54, 1.807) is 0 Å². The fraction of sp³-hybridized carbons (Fsp3) is 0.0909. The molecule has 0 spiro atoms. The summed E-state index contributed by atoms with van der Waals surface area (Å²) in [6.45, 7) is 1.44. The van der Waals surface area contributed by atoms with Crippen LogP contribution in [0, 0.1) is 6.92 Å². The van der Waals surface area contributed by atoms with Gasteiger partial charge in [-0.3, -0.25) is 9.11 Å². The molecule has 0 fully saturated rings. The van der Waals surface area contributed by atoms with Gasteiger partial charge in [-0.15, -0.1) is 0 Å². The van der Waals surface area contributed by atoms with Crippen LogP contribution in [0.5, 0.6) is 0 Å². The lowest BCUT2D eigenvalue weighted by Gasteiger charge is -2.11. The highest BCUT2D eigenvalue weighted by Crippen LogP contribution is 2.27. The molecule has 2 aromatic carbocycles. The monoisotopic (exact) mass is 312 g/mol. The summed E-state index contributed by atoms with van der Waals surface area (Å²) in [5.41, 5.74) is 0.201. The van der Waals surface area contributed by atoms with Crippen LogP contribution in [0.4, 0.5) is 0 Å². The van der Waals surface area contributed by atoms with E-state index in [4.69, 9.17) is 12.4 Å². The fourth-order valence-corrected chi connectivity index (χ4v) is 3.47. The molecular weight excluding hydrogens is 303 g/mol. The van der Waals surface area contributed by atoms with Gasteiger partial charge in [-0.25, -0.2) is 0 Å². The third-order valence-electron chi connectivity index (χ3n) is 2.84. The zero-order valence-electron chi connectivity index (χ0n) is 10.2. The first-order valence-corrected chi connectivity index (χ1v) is 8.17.